The summed E-state index contributed by atoms with van der Waals surface area (Å²) in [7, 11) is 3.83. The van der Waals surface area contributed by atoms with Crippen LogP contribution in [0.3, 0.4) is 0 Å². The van der Waals surface area contributed by atoms with Crippen molar-refractivity contribution in [3.8, 4) is 0 Å². The first-order valence-corrected chi connectivity index (χ1v) is 7.91. The number of halogens is 1. The summed E-state index contributed by atoms with van der Waals surface area (Å²) >= 11 is 0. The molecule has 0 spiro atoms. The Labute approximate surface area is 143 Å². The van der Waals surface area contributed by atoms with E-state index in [0.29, 0.717) is 24.6 Å². The van der Waals surface area contributed by atoms with E-state index in [9.17, 15) is 4.39 Å². The molecule has 24 heavy (non-hydrogen) atoms. The number of hydrogen-bond donors (Lipinski definition) is 2. The Balaban J connectivity index is 2.02. The summed E-state index contributed by atoms with van der Waals surface area (Å²) in [5.74, 6) is 0.106. The summed E-state index contributed by atoms with van der Waals surface area (Å²) < 4.78 is 14.0. The molecule has 0 aliphatic rings. The van der Waals surface area contributed by atoms with Crippen molar-refractivity contribution in [3.05, 3.63) is 64.5 Å². The van der Waals surface area contributed by atoms with E-state index >= 15 is 0 Å². The van der Waals surface area contributed by atoms with E-state index in [0.717, 1.165) is 22.4 Å². The Bertz CT molecular complexity index is 718. The lowest BCUT2D eigenvalue weighted by Gasteiger charge is -2.11. The van der Waals surface area contributed by atoms with Crippen LogP contribution in [0.4, 0.5) is 10.1 Å². The maximum atomic E-state index is 14.0. The molecule has 0 amide bonds. The van der Waals surface area contributed by atoms with Gasteiger partial charge < -0.3 is 16.0 Å². The summed E-state index contributed by atoms with van der Waals surface area (Å²) in [5, 5.41) is 3.07. The molecular formula is C19H25FN4. The number of benzene rings is 2. The van der Waals surface area contributed by atoms with Crippen LogP contribution in [-0.2, 0) is 13.1 Å². The largest absolute Gasteiger partial charge is 0.370 e. The molecule has 2 aromatic carbocycles. The molecule has 2 rings (SSSR count). The normalized spacial score (nSPS) is 11.8. The van der Waals surface area contributed by atoms with Gasteiger partial charge in [-0.3, -0.25) is 0 Å². The quantitative estimate of drug-likeness (QED) is 0.653. The Hall–Kier alpha value is -2.40. The number of anilines is 1. The molecule has 0 fully saturated rings. The van der Waals surface area contributed by atoms with Crippen molar-refractivity contribution in [1.82, 2.24) is 4.90 Å². The highest BCUT2D eigenvalue weighted by Gasteiger charge is 2.05. The summed E-state index contributed by atoms with van der Waals surface area (Å²) in [5.41, 5.74) is 10.6. The van der Waals surface area contributed by atoms with Crippen molar-refractivity contribution in [2.75, 3.05) is 19.4 Å². The van der Waals surface area contributed by atoms with Crippen LogP contribution in [0.5, 0.6) is 0 Å². The Morgan fingerprint density at radius 1 is 1.12 bits per heavy atom. The van der Waals surface area contributed by atoms with Gasteiger partial charge in [0.2, 0.25) is 0 Å². The first-order chi connectivity index (χ1) is 11.3. The summed E-state index contributed by atoms with van der Waals surface area (Å²) in [4.78, 5) is 6.22. The van der Waals surface area contributed by atoms with Gasteiger partial charge in [-0.1, -0.05) is 18.2 Å². The number of nitrogens with zero attached hydrogens (tertiary/aromatic N) is 2. The van der Waals surface area contributed by atoms with Crippen molar-refractivity contribution in [3.63, 3.8) is 0 Å². The van der Waals surface area contributed by atoms with E-state index in [4.69, 9.17) is 5.73 Å². The second kappa shape index (κ2) is 7.93. The predicted molar refractivity (Wildman–Crippen MR) is 98.7 cm³/mol. The smallest absolute Gasteiger partial charge is 0.193 e. The lowest BCUT2D eigenvalue weighted by Crippen LogP contribution is -2.22. The zero-order valence-electron chi connectivity index (χ0n) is 14.7. The highest BCUT2D eigenvalue weighted by atomic mass is 19.1. The van der Waals surface area contributed by atoms with Gasteiger partial charge in [0.05, 0.1) is 6.54 Å². The second-order valence-corrected chi connectivity index (χ2v) is 6.37. The third kappa shape index (κ3) is 5.35. The van der Waals surface area contributed by atoms with Crippen LogP contribution in [0, 0.1) is 19.7 Å². The van der Waals surface area contributed by atoms with E-state index < -0.39 is 0 Å². The number of guanidine groups is 1. The second-order valence-electron chi connectivity index (χ2n) is 6.37. The molecule has 3 N–H and O–H groups in total. The van der Waals surface area contributed by atoms with Crippen molar-refractivity contribution >= 4 is 11.6 Å². The fraction of sp³-hybridized carbons (Fsp3) is 0.316. The van der Waals surface area contributed by atoms with E-state index in [-0.39, 0.29) is 5.82 Å². The number of rotatable bonds is 5. The van der Waals surface area contributed by atoms with E-state index in [1.165, 1.54) is 6.07 Å². The number of aliphatic imine (C=N–C) groups is 1. The van der Waals surface area contributed by atoms with Crippen molar-refractivity contribution in [2.24, 2.45) is 10.7 Å². The average Bonchev–Trinajstić information content (AvgIpc) is 2.46. The fourth-order valence-electron chi connectivity index (χ4n) is 2.57. The zero-order chi connectivity index (χ0) is 17.7. The molecular weight excluding hydrogens is 303 g/mol. The first-order valence-electron chi connectivity index (χ1n) is 7.91. The van der Waals surface area contributed by atoms with Gasteiger partial charge in [-0.05, 0) is 62.8 Å². The molecule has 0 aliphatic heterocycles. The van der Waals surface area contributed by atoms with Crippen LogP contribution in [0.2, 0.25) is 0 Å². The molecule has 0 heterocycles. The van der Waals surface area contributed by atoms with Crippen LogP contribution in [-0.4, -0.2) is 25.0 Å². The third-order valence-corrected chi connectivity index (χ3v) is 3.53. The topological polar surface area (TPSA) is 53.6 Å². The van der Waals surface area contributed by atoms with E-state index in [1.807, 2.05) is 51.0 Å². The van der Waals surface area contributed by atoms with Gasteiger partial charge in [0.15, 0.2) is 5.96 Å². The van der Waals surface area contributed by atoms with Crippen LogP contribution in [0.25, 0.3) is 0 Å². The summed E-state index contributed by atoms with van der Waals surface area (Å²) in [6, 6.07) is 11.3. The maximum Gasteiger partial charge on any atom is 0.193 e. The van der Waals surface area contributed by atoms with Gasteiger partial charge in [0.25, 0.3) is 0 Å². The van der Waals surface area contributed by atoms with Gasteiger partial charge in [0.1, 0.15) is 5.82 Å². The van der Waals surface area contributed by atoms with Crippen molar-refractivity contribution in [1.29, 1.82) is 0 Å². The first kappa shape index (κ1) is 17.9. The molecule has 0 aliphatic carbocycles. The molecule has 0 saturated carbocycles. The van der Waals surface area contributed by atoms with Gasteiger partial charge in [-0.2, -0.15) is 0 Å². The Morgan fingerprint density at radius 3 is 2.38 bits per heavy atom. The molecule has 5 heteroatoms. The van der Waals surface area contributed by atoms with E-state index in [1.54, 1.807) is 6.07 Å². The zero-order valence-corrected chi connectivity index (χ0v) is 14.7. The number of aryl methyl sites for hydroxylation is 2. The highest BCUT2D eigenvalue weighted by molar-refractivity contribution is 5.92. The Morgan fingerprint density at radius 2 is 1.79 bits per heavy atom. The molecule has 0 radical (unpaired) electrons. The van der Waals surface area contributed by atoms with E-state index in [2.05, 4.69) is 16.4 Å². The fourth-order valence-corrected chi connectivity index (χ4v) is 2.57. The van der Waals surface area contributed by atoms with Crippen LogP contribution in [0.15, 0.2) is 41.4 Å². The molecule has 0 bridgehead atoms. The summed E-state index contributed by atoms with van der Waals surface area (Å²) in [6.45, 7) is 4.97. The van der Waals surface area contributed by atoms with Crippen LogP contribution >= 0.6 is 0 Å². The maximum absolute atomic E-state index is 14.0. The molecule has 0 saturated heterocycles. The van der Waals surface area contributed by atoms with Crippen molar-refractivity contribution in [2.45, 2.75) is 26.9 Å². The van der Waals surface area contributed by atoms with Crippen LogP contribution < -0.4 is 11.1 Å². The lowest BCUT2D eigenvalue weighted by atomic mass is 10.1. The monoisotopic (exact) mass is 328 g/mol. The standard InChI is InChI=1S/C19H25FN4/c1-13-7-14(2)9-17(8-13)23-19(21)22-11-15-5-6-16(12-24(3)4)18(20)10-15/h5-10H,11-12H2,1-4H3,(H3,21,22,23). The molecule has 128 valence electrons. The minimum absolute atomic E-state index is 0.211. The van der Waals surface area contributed by atoms with Crippen molar-refractivity contribution < 1.29 is 4.39 Å². The van der Waals surface area contributed by atoms with Gasteiger partial charge in [-0.25, -0.2) is 9.38 Å². The third-order valence-electron chi connectivity index (χ3n) is 3.53. The highest BCUT2D eigenvalue weighted by Crippen LogP contribution is 2.14. The van der Waals surface area contributed by atoms with Crippen LogP contribution in [0.1, 0.15) is 22.3 Å². The molecule has 0 unspecified atom stereocenters. The SMILES string of the molecule is Cc1cc(C)cc(NC(N)=NCc2ccc(CN(C)C)c(F)c2)c1. The van der Waals surface area contributed by atoms with Gasteiger partial charge in [0, 0.05) is 17.8 Å². The average molecular weight is 328 g/mol. The minimum Gasteiger partial charge on any atom is -0.370 e. The minimum atomic E-state index is -0.211. The van der Waals surface area contributed by atoms with Gasteiger partial charge >= 0.3 is 0 Å². The lowest BCUT2D eigenvalue weighted by molar-refractivity contribution is 0.392. The molecule has 2 aromatic rings. The summed E-state index contributed by atoms with van der Waals surface area (Å²) in [6.07, 6.45) is 0. The Kier molecular flexibility index (Phi) is 5.93. The number of nitrogens with two attached hydrogens (primary N) is 1. The number of hydrogen-bond acceptors (Lipinski definition) is 2. The number of nitrogens with one attached hydrogen (secondary N) is 1. The molecule has 4 nitrogen and oxygen atoms in total. The molecule has 0 aromatic heterocycles. The van der Waals surface area contributed by atoms with Gasteiger partial charge in [-0.15, -0.1) is 0 Å². The predicted octanol–water partition coefficient (Wildman–Crippen LogP) is 3.43. The molecule has 0 atom stereocenters.